The Morgan fingerprint density at radius 2 is 1.96 bits per heavy atom. The fourth-order valence-corrected chi connectivity index (χ4v) is 4.23. The molecule has 0 aliphatic heterocycles. The fourth-order valence-electron chi connectivity index (χ4n) is 4.23. The van der Waals surface area contributed by atoms with Gasteiger partial charge < -0.3 is 10.4 Å². The molecule has 4 nitrogen and oxygen atoms in total. The maximum Gasteiger partial charge on any atom is 0.306 e. The smallest absolute Gasteiger partial charge is 0.306 e. The summed E-state index contributed by atoms with van der Waals surface area (Å²) in [5.41, 5.74) is 1.86. The number of hydrogen-bond donors (Lipinski definition) is 2. The van der Waals surface area contributed by atoms with Crippen molar-refractivity contribution in [3.8, 4) is 0 Å². The number of benzene rings is 1. The fraction of sp³-hybridized carbons (Fsp3) is 0.579. The van der Waals surface area contributed by atoms with Crippen molar-refractivity contribution < 1.29 is 14.7 Å². The van der Waals surface area contributed by atoms with Gasteiger partial charge in [0.1, 0.15) is 0 Å². The van der Waals surface area contributed by atoms with Crippen LogP contribution < -0.4 is 5.32 Å². The van der Waals surface area contributed by atoms with Crippen LogP contribution in [0.2, 0.25) is 0 Å². The largest absolute Gasteiger partial charge is 0.481 e. The Morgan fingerprint density at radius 3 is 2.57 bits per heavy atom. The Hall–Kier alpha value is -1.84. The molecule has 1 aromatic rings. The molecule has 124 valence electrons. The van der Waals surface area contributed by atoms with Gasteiger partial charge in [0.2, 0.25) is 5.91 Å². The molecule has 2 N–H and O–H groups in total. The molecule has 0 unspecified atom stereocenters. The lowest BCUT2D eigenvalue weighted by Gasteiger charge is -2.30. The van der Waals surface area contributed by atoms with Crippen molar-refractivity contribution in [3.05, 3.63) is 35.4 Å². The molecule has 0 spiro atoms. The van der Waals surface area contributed by atoms with Gasteiger partial charge >= 0.3 is 5.97 Å². The minimum atomic E-state index is -0.740. The van der Waals surface area contributed by atoms with Gasteiger partial charge in [0.05, 0.1) is 11.3 Å². The Morgan fingerprint density at radius 1 is 1.22 bits per heavy atom. The van der Waals surface area contributed by atoms with Crippen molar-refractivity contribution in [2.24, 2.45) is 5.92 Å². The van der Waals surface area contributed by atoms with E-state index in [-0.39, 0.29) is 17.9 Å². The van der Waals surface area contributed by atoms with Crippen molar-refractivity contribution in [1.82, 2.24) is 5.32 Å². The van der Waals surface area contributed by atoms with E-state index in [2.05, 4.69) is 30.4 Å². The first-order valence-corrected chi connectivity index (χ1v) is 8.62. The van der Waals surface area contributed by atoms with E-state index in [1.54, 1.807) is 0 Å². The van der Waals surface area contributed by atoms with Crippen LogP contribution in [0.1, 0.15) is 56.1 Å². The summed E-state index contributed by atoms with van der Waals surface area (Å²) >= 11 is 0. The third-order valence-corrected chi connectivity index (χ3v) is 5.58. The lowest BCUT2D eigenvalue weighted by molar-refractivity contribution is -0.141. The van der Waals surface area contributed by atoms with E-state index >= 15 is 0 Å². The zero-order chi connectivity index (χ0) is 16.4. The second kappa shape index (κ2) is 6.34. The molecule has 2 aliphatic carbocycles. The van der Waals surface area contributed by atoms with E-state index in [1.165, 1.54) is 5.56 Å². The number of rotatable bonds is 4. The first-order chi connectivity index (χ1) is 11.0. The second-order valence-corrected chi connectivity index (χ2v) is 7.18. The highest BCUT2D eigenvalue weighted by molar-refractivity contribution is 5.89. The third-order valence-electron chi connectivity index (χ3n) is 5.58. The summed E-state index contributed by atoms with van der Waals surface area (Å²) in [5, 5.41) is 12.3. The Bertz CT molecular complexity index is 604. The van der Waals surface area contributed by atoms with E-state index in [9.17, 15) is 9.59 Å². The monoisotopic (exact) mass is 315 g/mol. The van der Waals surface area contributed by atoms with Crippen molar-refractivity contribution in [2.45, 2.75) is 63.3 Å². The maximum absolute atomic E-state index is 13.1. The molecule has 2 saturated carbocycles. The molecular weight excluding hydrogens is 290 g/mol. The van der Waals surface area contributed by atoms with Crippen LogP contribution in [0.3, 0.4) is 0 Å². The summed E-state index contributed by atoms with van der Waals surface area (Å²) in [7, 11) is 0. The molecule has 0 aromatic heterocycles. The predicted molar refractivity (Wildman–Crippen MR) is 88.2 cm³/mol. The molecule has 0 heterocycles. The summed E-state index contributed by atoms with van der Waals surface area (Å²) in [6, 6.07) is 8.27. The number of hydrogen-bond acceptors (Lipinski definition) is 2. The van der Waals surface area contributed by atoms with E-state index in [1.807, 2.05) is 6.07 Å². The predicted octanol–water partition coefficient (Wildman–Crippen LogP) is 3.18. The number of amides is 1. The Labute approximate surface area is 137 Å². The summed E-state index contributed by atoms with van der Waals surface area (Å²) in [5.74, 6) is -0.952. The summed E-state index contributed by atoms with van der Waals surface area (Å²) in [6.45, 7) is 2.05. The number of carboxylic acids is 1. The standard InChI is InChI=1S/C19H25NO3/c1-13-5-4-6-15(11-13)19(9-2-3-10-19)18(23)20-16-8-7-14(12-16)17(21)22/h4-6,11,14,16H,2-3,7-10,12H2,1H3,(H,20,23)(H,21,22)/t14-,16+/m0/s1. The van der Waals surface area contributed by atoms with Gasteiger partial charge in [-0.05, 0) is 44.6 Å². The molecule has 3 rings (SSSR count). The van der Waals surface area contributed by atoms with Crippen molar-refractivity contribution >= 4 is 11.9 Å². The van der Waals surface area contributed by atoms with Gasteiger partial charge in [-0.2, -0.15) is 0 Å². The third kappa shape index (κ3) is 3.12. The van der Waals surface area contributed by atoms with Crippen LogP contribution in [0.5, 0.6) is 0 Å². The lowest BCUT2D eigenvalue weighted by atomic mass is 9.77. The minimum Gasteiger partial charge on any atom is -0.481 e. The zero-order valence-corrected chi connectivity index (χ0v) is 13.7. The SMILES string of the molecule is Cc1cccc(C2(C(=O)N[C@@H]3CC[C@H](C(=O)O)C3)CCCC2)c1. The normalized spacial score (nSPS) is 26.1. The molecule has 1 aromatic carbocycles. The first-order valence-electron chi connectivity index (χ1n) is 8.62. The van der Waals surface area contributed by atoms with Gasteiger partial charge in [0.25, 0.3) is 0 Å². The molecule has 23 heavy (non-hydrogen) atoms. The van der Waals surface area contributed by atoms with Crippen LogP contribution in [-0.4, -0.2) is 23.0 Å². The molecule has 0 bridgehead atoms. The highest BCUT2D eigenvalue weighted by atomic mass is 16.4. The molecule has 1 amide bonds. The number of nitrogens with one attached hydrogen (secondary N) is 1. The summed E-state index contributed by atoms with van der Waals surface area (Å²) < 4.78 is 0. The van der Waals surface area contributed by atoms with Gasteiger partial charge in [0.15, 0.2) is 0 Å². The Kier molecular flexibility index (Phi) is 4.42. The zero-order valence-electron chi connectivity index (χ0n) is 13.7. The van der Waals surface area contributed by atoms with Gasteiger partial charge in [-0.3, -0.25) is 9.59 Å². The van der Waals surface area contributed by atoms with Crippen molar-refractivity contribution in [3.63, 3.8) is 0 Å². The van der Waals surface area contributed by atoms with E-state index < -0.39 is 11.4 Å². The van der Waals surface area contributed by atoms with Crippen molar-refractivity contribution in [1.29, 1.82) is 0 Å². The van der Waals surface area contributed by atoms with Crippen LogP contribution in [0.4, 0.5) is 0 Å². The summed E-state index contributed by atoms with van der Waals surface area (Å²) in [6.07, 6.45) is 5.91. The first kappa shape index (κ1) is 16.0. The summed E-state index contributed by atoms with van der Waals surface area (Å²) in [4.78, 5) is 24.2. The van der Waals surface area contributed by atoms with Gasteiger partial charge in [-0.25, -0.2) is 0 Å². The van der Waals surface area contributed by atoms with E-state index in [4.69, 9.17) is 5.11 Å². The molecular formula is C19H25NO3. The molecule has 2 aliphatic rings. The van der Waals surface area contributed by atoms with Crippen LogP contribution >= 0.6 is 0 Å². The van der Waals surface area contributed by atoms with Crippen LogP contribution in [0.15, 0.2) is 24.3 Å². The number of aryl methyl sites for hydroxylation is 1. The van der Waals surface area contributed by atoms with Crippen LogP contribution in [-0.2, 0) is 15.0 Å². The number of carbonyl (C=O) groups is 2. The average molecular weight is 315 g/mol. The molecule has 0 radical (unpaired) electrons. The molecule has 4 heteroatoms. The highest BCUT2D eigenvalue weighted by Crippen LogP contribution is 2.42. The number of aliphatic carboxylic acids is 1. The van der Waals surface area contributed by atoms with Crippen molar-refractivity contribution in [2.75, 3.05) is 0 Å². The molecule has 2 atom stereocenters. The van der Waals surface area contributed by atoms with Crippen LogP contribution in [0, 0.1) is 12.8 Å². The second-order valence-electron chi connectivity index (χ2n) is 7.18. The van der Waals surface area contributed by atoms with Gasteiger partial charge in [-0.15, -0.1) is 0 Å². The molecule has 2 fully saturated rings. The van der Waals surface area contributed by atoms with E-state index in [0.29, 0.717) is 12.8 Å². The number of carboxylic acid groups (broad SMARTS) is 1. The molecule has 0 saturated heterocycles. The Balaban J connectivity index is 1.76. The van der Waals surface area contributed by atoms with Gasteiger partial charge in [-0.1, -0.05) is 42.7 Å². The van der Waals surface area contributed by atoms with Gasteiger partial charge in [0, 0.05) is 6.04 Å². The lowest BCUT2D eigenvalue weighted by Crippen LogP contribution is -2.46. The minimum absolute atomic E-state index is 0.00545. The highest BCUT2D eigenvalue weighted by Gasteiger charge is 2.44. The topological polar surface area (TPSA) is 66.4 Å². The van der Waals surface area contributed by atoms with Crippen LogP contribution in [0.25, 0.3) is 0 Å². The quantitative estimate of drug-likeness (QED) is 0.897. The van der Waals surface area contributed by atoms with E-state index in [0.717, 1.165) is 37.7 Å². The maximum atomic E-state index is 13.1. The average Bonchev–Trinajstić information content (AvgIpc) is 3.17. The number of carbonyl (C=O) groups excluding carboxylic acids is 1.